The van der Waals surface area contributed by atoms with Crippen LogP contribution >= 0.6 is 0 Å². The van der Waals surface area contributed by atoms with E-state index in [9.17, 15) is 43.5 Å². The topological polar surface area (TPSA) is 311 Å². The number of primary amides is 2. The zero-order chi connectivity index (χ0) is 27.3. The van der Waals surface area contributed by atoms with Crippen molar-refractivity contribution in [2.75, 3.05) is 0 Å². The number of carbonyl (C=O) groups is 8. The van der Waals surface area contributed by atoms with Crippen molar-refractivity contribution in [2.45, 2.75) is 62.7 Å². The second kappa shape index (κ2) is 14.8. The normalized spacial score (nSPS) is 13.9. The van der Waals surface area contributed by atoms with Gasteiger partial charge in [-0.25, -0.2) is 4.79 Å². The van der Waals surface area contributed by atoms with Gasteiger partial charge in [0.15, 0.2) is 0 Å². The maximum Gasteiger partial charge on any atom is 0.326 e. The van der Waals surface area contributed by atoms with Gasteiger partial charge in [-0.1, -0.05) is 0 Å². The molecule has 0 spiro atoms. The number of carboxylic acids is 3. The van der Waals surface area contributed by atoms with E-state index in [-0.39, 0.29) is 12.8 Å². The van der Waals surface area contributed by atoms with E-state index in [0.717, 1.165) is 0 Å². The Kier molecular flexibility index (Phi) is 13.0. The highest BCUT2D eigenvalue weighted by molar-refractivity contribution is 5.97. The SMILES string of the molecule is NC(=O)CCC(N)C(=O)NC(CC(=O)O)C(=O)NC(CC(=O)O)C(=O)NC(CCC(N)=O)C(=O)O. The summed E-state index contributed by atoms with van der Waals surface area (Å²) in [5.74, 6) is -9.89. The molecule has 0 aliphatic rings. The van der Waals surface area contributed by atoms with Gasteiger partial charge in [-0.05, 0) is 12.8 Å². The average Bonchev–Trinajstić information content (AvgIpc) is 2.72. The lowest BCUT2D eigenvalue weighted by Gasteiger charge is -2.24. The summed E-state index contributed by atoms with van der Waals surface area (Å²) in [4.78, 5) is 92.5. The number of carbonyl (C=O) groups excluding carboxylic acids is 5. The van der Waals surface area contributed by atoms with Crippen molar-refractivity contribution in [3.63, 3.8) is 0 Å². The molecule has 12 N–H and O–H groups in total. The lowest BCUT2D eigenvalue weighted by molar-refractivity contribution is -0.145. The van der Waals surface area contributed by atoms with E-state index < -0.39 is 97.3 Å². The smallest absolute Gasteiger partial charge is 0.326 e. The van der Waals surface area contributed by atoms with Crippen molar-refractivity contribution < 1.29 is 53.7 Å². The summed E-state index contributed by atoms with van der Waals surface area (Å²) in [6.45, 7) is 0. The number of rotatable bonds is 17. The molecule has 0 aromatic carbocycles. The van der Waals surface area contributed by atoms with Gasteiger partial charge in [0, 0.05) is 12.8 Å². The third kappa shape index (κ3) is 13.1. The van der Waals surface area contributed by atoms with Gasteiger partial charge in [0.25, 0.3) is 0 Å². The molecular weight excluding hydrogens is 476 g/mol. The van der Waals surface area contributed by atoms with Gasteiger partial charge >= 0.3 is 17.9 Å². The van der Waals surface area contributed by atoms with Crippen molar-refractivity contribution in [2.24, 2.45) is 17.2 Å². The molecule has 0 aliphatic heterocycles. The highest BCUT2D eigenvalue weighted by Gasteiger charge is 2.32. The van der Waals surface area contributed by atoms with Crippen LogP contribution in [0.5, 0.6) is 0 Å². The van der Waals surface area contributed by atoms with Crippen LogP contribution < -0.4 is 33.2 Å². The van der Waals surface area contributed by atoms with Crippen LogP contribution in [0.25, 0.3) is 0 Å². The van der Waals surface area contributed by atoms with Crippen molar-refractivity contribution in [1.82, 2.24) is 16.0 Å². The summed E-state index contributed by atoms with van der Waals surface area (Å²) in [5, 5.41) is 33.2. The summed E-state index contributed by atoms with van der Waals surface area (Å²) in [7, 11) is 0. The molecule has 0 fully saturated rings. The molecule has 0 aromatic heterocycles. The molecule has 0 saturated carbocycles. The predicted molar refractivity (Wildman–Crippen MR) is 113 cm³/mol. The zero-order valence-corrected chi connectivity index (χ0v) is 18.4. The van der Waals surface area contributed by atoms with Gasteiger partial charge in [0.05, 0.1) is 18.9 Å². The van der Waals surface area contributed by atoms with Gasteiger partial charge in [0.1, 0.15) is 18.1 Å². The molecule has 5 amide bonds. The summed E-state index contributed by atoms with van der Waals surface area (Å²) in [6.07, 6.45) is -3.36. The van der Waals surface area contributed by atoms with Crippen LogP contribution in [0.4, 0.5) is 0 Å². The fourth-order valence-corrected chi connectivity index (χ4v) is 2.56. The van der Waals surface area contributed by atoms with Crippen molar-refractivity contribution in [3.8, 4) is 0 Å². The summed E-state index contributed by atoms with van der Waals surface area (Å²) < 4.78 is 0. The lowest BCUT2D eigenvalue weighted by Crippen LogP contribution is -2.58. The highest BCUT2D eigenvalue weighted by atomic mass is 16.4. The van der Waals surface area contributed by atoms with Crippen LogP contribution in [0.1, 0.15) is 38.5 Å². The Morgan fingerprint density at radius 3 is 1.34 bits per heavy atom. The van der Waals surface area contributed by atoms with Crippen LogP contribution in [-0.4, -0.2) is 86.9 Å². The molecule has 4 atom stereocenters. The first-order valence-corrected chi connectivity index (χ1v) is 10.0. The fraction of sp³-hybridized carbons (Fsp3) is 0.556. The first-order valence-electron chi connectivity index (χ1n) is 10.0. The Bertz CT molecular complexity index is 862. The molecule has 35 heavy (non-hydrogen) atoms. The Hall–Kier alpha value is -4.28. The molecule has 0 bridgehead atoms. The number of aliphatic carboxylic acids is 3. The maximum atomic E-state index is 12.6. The molecule has 17 nitrogen and oxygen atoms in total. The highest BCUT2D eigenvalue weighted by Crippen LogP contribution is 2.03. The summed E-state index contributed by atoms with van der Waals surface area (Å²) >= 11 is 0. The van der Waals surface area contributed by atoms with E-state index in [1.165, 1.54) is 0 Å². The Morgan fingerprint density at radius 1 is 0.600 bits per heavy atom. The quantitative estimate of drug-likeness (QED) is 0.0902. The molecule has 0 saturated heterocycles. The Balaban J connectivity index is 5.53. The minimum Gasteiger partial charge on any atom is -0.481 e. The van der Waals surface area contributed by atoms with Crippen LogP contribution in [0.2, 0.25) is 0 Å². The van der Waals surface area contributed by atoms with Crippen LogP contribution in [-0.2, 0) is 38.4 Å². The van der Waals surface area contributed by atoms with E-state index in [1.54, 1.807) is 0 Å². The van der Waals surface area contributed by atoms with Gasteiger partial charge in [0.2, 0.25) is 29.5 Å². The Morgan fingerprint density at radius 2 is 0.971 bits per heavy atom. The van der Waals surface area contributed by atoms with Crippen LogP contribution in [0.15, 0.2) is 0 Å². The predicted octanol–water partition coefficient (Wildman–Crippen LogP) is -4.67. The van der Waals surface area contributed by atoms with Gasteiger partial charge in [-0.15, -0.1) is 0 Å². The van der Waals surface area contributed by atoms with Crippen molar-refractivity contribution >= 4 is 47.4 Å². The molecule has 0 rings (SSSR count). The van der Waals surface area contributed by atoms with Gasteiger partial charge in [-0.2, -0.15) is 0 Å². The molecule has 0 radical (unpaired) electrons. The molecule has 196 valence electrons. The average molecular weight is 504 g/mol. The van der Waals surface area contributed by atoms with Gasteiger partial charge in [-0.3, -0.25) is 33.6 Å². The number of nitrogens with two attached hydrogens (primary N) is 3. The van der Waals surface area contributed by atoms with Crippen LogP contribution in [0.3, 0.4) is 0 Å². The van der Waals surface area contributed by atoms with Crippen LogP contribution in [0, 0.1) is 0 Å². The number of hydrogen-bond acceptors (Lipinski definition) is 9. The standard InChI is InChI=1S/C18H28N6O11/c19-7(1-3-11(20)25)15(31)23-9(5-13(27)28)17(33)24-10(6-14(29)30)16(32)22-8(18(34)35)2-4-12(21)26/h7-10H,1-6,19H2,(H2,20,25)(H2,21,26)(H,22,32)(H,23,31)(H,24,33)(H,27,28)(H,29,30)(H,34,35). The number of hydrogen-bond donors (Lipinski definition) is 9. The molecule has 4 unspecified atom stereocenters. The van der Waals surface area contributed by atoms with Crippen molar-refractivity contribution in [1.29, 1.82) is 0 Å². The maximum absolute atomic E-state index is 12.6. The zero-order valence-electron chi connectivity index (χ0n) is 18.4. The second-order valence-electron chi connectivity index (χ2n) is 7.33. The fourth-order valence-electron chi connectivity index (χ4n) is 2.56. The monoisotopic (exact) mass is 504 g/mol. The van der Waals surface area contributed by atoms with E-state index in [2.05, 4.69) is 0 Å². The number of carboxylic acid groups (broad SMARTS) is 3. The third-order valence-electron chi connectivity index (χ3n) is 4.36. The van der Waals surface area contributed by atoms with E-state index in [1.807, 2.05) is 16.0 Å². The summed E-state index contributed by atoms with van der Waals surface area (Å²) in [5.41, 5.74) is 15.5. The minimum absolute atomic E-state index is 0.214. The Labute approximate surface area is 197 Å². The van der Waals surface area contributed by atoms with E-state index >= 15 is 0 Å². The first kappa shape index (κ1) is 30.7. The molecule has 0 aromatic rings. The number of amides is 5. The molecule has 0 aliphatic carbocycles. The largest absolute Gasteiger partial charge is 0.481 e. The third-order valence-corrected chi connectivity index (χ3v) is 4.36. The van der Waals surface area contributed by atoms with E-state index in [0.29, 0.717) is 0 Å². The molecule has 0 heterocycles. The number of nitrogens with one attached hydrogen (secondary N) is 3. The minimum atomic E-state index is -1.88. The lowest BCUT2D eigenvalue weighted by atomic mass is 10.1. The molecular formula is C18H28N6O11. The summed E-state index contributed by atoms with van der Waals surface area (Å²) in [6, 6.07) is -6.69. The molecule has 17 heteroatoms. The first-order chi connectivity index (χ1) is 16.1. The van der Waals surface area contributed by atoms with Gasteiger partial charge < -0.3 is 48.5 Å². The van der Waals surface area contributed by atoms with Crippen molar-refractivity contribution in [3.05, 3.63) is 0 Å². The second-order valence-corrected chi connectivity index (χ2v) is 7.33. The van der Waals surface area contributed by atoms with E-state index in [4.69, 9.17) is 27.4 Å².